The van der Waals surface area contributed by atoms with Gasteiger partial charge in [0.25, 0.3) is 0 Å². The molecule has 37 heavy (non-hydrogen) atoms. The molecule has 0 spiro atoms. The Hall–Kier alpha value is -3.61. The molecule has 1 aliphatic carbocycles. The van der Waals surface area contributed by atoms with Crippen LogP contribution < -0.4 is 9.47 Å². The van der Waals surface area contributed by atoms with Gasteiger partial charge >= 0.3 is 5.97 Å². The van der Waals surface area contributed by atoms with Crippen molar-refractivity contribution in [2.75, 3.05) is 6.61 Å². The Bertz CT molecular complexity index is 1280. The molecule has 7 heteroatoms. The lowest BCUT2D eigenvalue weighted by atomic mass is 9.79. The van der Waals surface area contributed by atoms with Gasteiger partial charge in [0.1, 0.15) is 0 Å². The van der Waals surface area contributed by atoms with E-state index in [1.54, 1.807) is 6.08 Å². The van der Waals surface area contributed by atoms with E-state index in [0.29, 0.717) is 23.5 Å². The van der Waals surface area contributed by atoms with Gasteiger partial charge in [-0.1, -0.05) is 44.0 Å². The van der Waals surface area contributed by atoms with E-state index in [0.717, 1.165) is 25.7 Å². The summed E-state index contributed by atoms with van der Waals surface area (Å²) >= 11 is 0. The molecule has 0 unspecified atom stereocenters. The van der Waals surface area contributed by atoms with Crippen LogP contribution in [0, 0.1) is 29.2 Å². The monoisotopic (exact) mass is 512 g/mol. The minimum Gasteiger partial charge on any atom is -0.490 e. The van der Waals surface area contributed by atoms with Gasteiger partial charge in [0.15, 0.2) is 23.1 Å². The van der Waals surface area contributed by atoms with Crippen LogP contribution in [-0.4, -0.2) is 12.6 Å². The maximum absolute atomic E-state index is 14.8. The number of rotatable bonds is 8. The van der Waals surface area contributed by atoms with Crippen LogP contribution in [0.1, 0.15) is 60.9 Å². The highest BCUT2D eigenvalue weighted by Crippen LogP contribution is 2.38. The lowest BCUT2D eigenvalue weighted by molar-refractivity contribution is 0.0726. The van der Waals surface area contributed by atoms with Gasteiger partial charge in [-0.3, -0.25) is 0 Å². The number of hydrogen-bond donors (Lipinski definition) is 0. The van der Waals surface area contributed by atoms with Crippen LogP contribution in [0.25, 0.3) is 11.1 Å². The largest absolute Gasteiger partial charge is 0.490 e. The van der Waals surface area contributed by atoms with Crippen molar-refractivity contribution < 1.29 is 31.8 Å². The summed E-state index contributed by atoms with van der Waals surface area (Å²) < 4.78 is 68.8. The Morgan fingerprint density at radius 1 is 0.865 bits per heavy atom. The lowest BCUT2D eigenvalue weighted by Gasteiger charge is -2.27. The van der Waals surface area contributed by atoms with E-state index in [1.165, 1.54) is 48.5 Å². The van der Waals surface area contributed by atoms with Crippen molar-refractivity contribution in [3.8, 4) is 22.6 Å². The average Bonchev–Trinajstić information content (AvgIpc) is 2.90. The Morgan fingerprint density at radius 3 is 2.19 bits per heavy atom. The molecule has 0 atom stereocenters. The molecule has 1 saturated carbocycles. The van der Waals surface area contributed by atoms with Crippen molar-refractivity contribution in [3.05, 3.63) is 95.6 Å². The topological polar surface area (TPSA) is 35.5 Å². The molecular formula is C30H28F4O3. The van der Waals surface area contributed by atoms with Crippen molar-refractivity contribution >= 4 is 5.97 Å². The van der Waals surface area contributed by atoms with Gasteiger partial charge in [0.05, 0.1) is 12.2 Å². The quantitative estimate of drug-likeness (QED) is 0.1000. The third-order valence-corrected chi connectivity index (χ3v) is 6.79. The Balaban J connectivity index is 1.46. The molecule has 3 aromatic rings. The molecule has 0 aliphatic heterocycles. The highest BCUT2D eigenvalue weighted by atomic mass is 19.2. The predicted molar refractivity (Wildman–Crippen MR) is 134 cm³/mol. The van der Waals surface area contributed by atoms with Crippen molar-refractivity contribution in [3.63, 3.8) is 0 Å². The number of ether oxygens (including phenoxy) is 2. The second-order valence-corrected chi connectivity index (χ2v) is 9.37. The van der Waals surface area contributed by atoms with Gasteiger partial charge in [0.2, 0.25) is 11.6 Å². The molecule has 0 heterocycles. The van der Waals surface area contributed by atoms with E-state index in [1.807, 2.05) is 0 Å². The summed E-state index contributed by atoms with van der Waals surface area (Å²) in [5.41, 5.74) is 0.641. The minimum absolute atomic E-state index is 0.0192. The van der Waals surface area contributed by atoms with Crippen molar-refractivity contribution in [1.82, 2.24) is 0 Å². The van der Waals surface area contributed by atoms with Crippen LogP contribution in [0.2, 0.25) is 0 Å². The molecule has 0 saturated heterocycles. The Morgan fingerprint density at radius 2 is 1.51 bits per heavy atom. The summed E-state index contributed by atoms with van der Waals surface area (Å²) in [5.74, 6) is -5.48. The zero-order valence-corrected chi connectivity index (χ0v) is 20.5. The van der Waals surface area contributed by atoms with Gasteiger partial charge < -0.3 is 9.47 Å². The van der Waals surface area contributed by atoms with Gasteiger partial charge in [-0.15, -0.1) is 6.58 Å². The van der Waals surface area contributed by atoms with Crippen LogP contribution in [-0.2, 0) is 0 Å². The first-order valence-corrected chi connectivity index (χ1v) is 12.3. The fourth-order valence-electron chi connectivity index (χ4n) is 4.57. The van der Waals surface area contributed by atoms with Crippen LogP contribution in [0.4, 0.5) is 17.6 Å². The predicted octanol–water partition coefficient (Wildman–Crippen LogP) is 8.38. The van der Waals surface area contributed by atoms with Crippen LogP contribution in [0.5, 0.6) is 11.5 Å². The van der Waals surface area contributed by atoms with Gasteiger partial charge in [-0.25, -0.2) is 13.6 Å². The molecule has 4 rings (SSSR count). The third-order valence-electron chi connectivity index (χ3n) is 6.79. The van der Waals surface area contributed by atoms with E-state index < -0.39 is 35.0 Å². The van der Waals surface area contributed by atoms with Crippen LogP contribution >= 0.6 is 0 Å². The standard InChI is InChI=1S/C30H28F4O3/c1-3-4-17-36-24-15-13-22(26(31)28(24)33)20-9-11-21(12-10-20)30(35)37-25-16-14-23(27(32)29(25)34)19-7-5-18(2)6-8-19/h3,9-16,18-19H,1,4-8,17H2,2H3. The lowest BCUT2D eigenvalue weighted by Crippen LogP contribution is -2.14. The molecule has 1 aliphatic rings. The zero-order valence-electron chi connectivity index (χ0n) is 20.5. The number of carbonyl (C=O) groups is 1. The molecule has 1 fully saturated rings. The molecule has 0 N–H and O–H groups in total. The van der Waals surface area contributed by atoms with E-state index in [-0.39, 0.29) is 29.4 Å². The minimum atomic E-state index is -1.20. The molecule has 0 radical (unpaired) electrons. The molecular weight excluding hydrogens is 484 g/mol. The molecule has 3 nitrogen and oxygen atoms in total. The molecule has 0 bridgehead atoms. The first-order chi connectivity index (χ1) is 17.8. The average molecular weight is 513 g/mol. The summed E-state index contributed by atoms with van der Waals surface area (Å²) in [7, 11) is 0. The Labute approximate surface area is 213 Å². The van der Waals surface area contributed by atoms with Crippen LogP contribution in [0.15, 0.2) is 61.2 Å². The highest BCUT2D eigenvalue weighted by molar-refractivity contribution is 5.91. The number of esters is 1. The first kappa shape index (κ1) is 26.5. The van der Waals surface area contributed by atoms with E-state index in [9.17, 15) is 22.4 Å². The van der Waals surface area contributed by atoms with Crippen LogP contribution in [0.3, 0.4) is 0 Å². The highest BCUT2D eigenvalue weighted by Gasteiger charge is 2.26. The zero-order chi connectivity index (χ0) is 26.5. The number of halogens is 4. The molecule has 3 aromatic carbocycles. The number of benzene rings is 3. The molecule has 0 aromatic heterocycles. The second-order valence-electron chi connectivity index (χ2n) is 9.37. The SMILES string of the molecule is C=CCCOc1ccc(-c2ccc(C(=O)Oc3ccc(C4CCC(C)CC4)c(F)c3F)cc2)c(F)c1F. The summed E-state index contributed by atoms with van der Waals surface area (Å²) in [6, 6.07) is 11.0. The Kier molecular flexibility index (Phi) is 8.31. The first-order valence-electron chi connectivity index (χ1n) is 12.3. The van der Waals surface area contributed by atoms with E-state index in [2.05, 4.69) is 13.5 Å². The van der Waals surface area contributed by atoms with Crippen molar-refractivity contribution in [2.24, 2.45) is 5.92 Å². The van der Waals surface area contributed by atoms with E-state index >= 15 is 0 Å². The summed E-state index contributed by atoms with van der Waals surface area (Å²) in [4.78, 5) is 12.6. The summed E-state index contributed by atoms with van der Waals surface area (Å²) in [6.07, 6.45) is 5.59. The molecule has 0 amide bonds. The smallest absolute Gasteiger partial charge is 0.343 e. The second kappa shape index (κ2) is 11.6. The van der Waals surface area contributed by atoms with Crippen molar-refractivity contribution in [2.45, 2.75) is 44.9 Å². The van der Waals surface area contributed by atoms with Gasteiger partial charge in [-0.05, 0) is 72.6 Å². The van der Waals surface area contributed by atoms with Gasteiger partial charge in [-0.2, -0.15) is 8.78 Å². The number of hydrogen-bond acceptors (Lipinski definition) is 3. The normalized spacial score (nSPS) is 17.3. The van der Waals surface area contributed by atoms with E-state index in [4.69, 9.17) is 9.47 Å². The summed E-state index contributed by atoms with van der Waals surface area (Å²) in [6.45, 7) is 5.86. The maximum Gasteiger partial charge on any atom is 0.343 e. The maximum atomic E-state index is 14.8. The van der Waals surface area contributed by atoms with Gasteiger partial charge in [0, 0.05) is 5.56 Å². The third kappa shape index (κ3) is 5.87. The molecule has 194 valence electrons. The fraction of sp³-hybridized carbons (Fsp3) is 0.300. The summed E-state index contributed by atoms with van der Waals surface area (Å²) in [5, 5.41) is 0. The van der Waals surface area contributed by atoms with Crippen molar-refractivity contribution in [1.29, 1.82) is 0 Å². The number of carbonyl (C=O) groups excluding carboxylic acids is 1. The fourth-order valence-corrected chi connectivity index (χ4v) is 4.57.